The number of aliphatic hydroxyl groups excluding tert-OH is 1. The number of hydrogen-bond acceptors (Lipinski definition) is 3. The van der Waals surface area contributed by atoms with Crippen molar-refractivity contribution in [2.75, 3.05) is 6.54 Å². The molecule has 21 heavy (non-hydrogen) atoms. The van der Waals surface area contributed by atoms with Crippen molar-refractivity contribution < 1.29 is 13.5 Å². The summed E-state index contributed by atoms with van der Waals surface area (Å²) >= 11 is 12.0. The normalized spacial score (nSPS) is 22.7. The molecule has 4 nitrogen and oxygen atoms in total. The molecule has 0 bridgehead atoms. The molecular formula is C14H19Cl2NO3S. The summed E-state index contributed by atoms with van der Waals surface area (Å²) < 4.78 is 27.4. The van der Waals surface area contributed by atoms with Gasteiger partial charge >= 0.3 is 0 Å². The van der Waals surface area contributed by atoms with Gasteiger partial charge in [-0.1, -0.05) is 43.0 Å². The van der Waals surface area contributed by atoms with E-state index in [1.165, 1.54) is 12.1 Å². The Bertz CT molecular complexity index is 619. The van der Waals surface area contributed by atoms with Crippen molar-refractivity contribution in [3.8, 4) is 0 Å². The van der Waals surface area contributed by atoms with E-state index in [9.17, 15) is 13.5 Å². The standard InChI is InChI=1S/C14H19Cl2NO3S/c1-9-3-2-4-10(9)7-17-21(19,20)13-6-5-12(15)11(8-18)14(13)16/h5-6,9-10,17-18H,2-4,7-8H2,1H3. The van der Waals surface area contributed by atoms with Crippen molar-refractivity contribution >= 4 is 33.2 Å². The van der Waals surface area contributed by atoms with Crippen LogP contribution in [0.5, 0.6) is 0 Å². The molecule has 7 heteroatoms. The Hall–Kier alpha value is -0.330. The third-order valence-electron chi connectivity index (χ3n) is 4.17. The molecule has 1 aromatic rings. The van der Waals surface area contributed by atoms with Crippen molar-refractivity contribution in [3.63, 3.8) is 0 Å². The minimum atomic E-state index is -3.70. The smallest absolute Gasteiger partial charge is 0.242 e. The van der Waals surface area contributed by atoms with Crippen molar-refractivity contribution in [1.82, 2.24) is 4.72 Å². The Balaban J connectivity index is 2.20. The molecule has 0 aromatic heterocycles. The molecule has 0 saturated heterocycles. The maximum absolute atomic E-state index is 12.4. The predicted molar refractivity (Wildman–Crippen MR) is 84.1 cm³/mol. The lowest BCUT2D eigenvalue weighted by molar-refractivity contribution is 0.281. The van der Waals surface area contributed by atoms with Crippen molar-refractivity contribution in [2.45, 2.75) is 37.7 Å². The van der Waals surface area contributed by atoms with Crippen LogP contribution in [-0.2, 0) is 16.6 Å². The first-order valence-electron chi connectivity index (χ1n) is 6.94. The lowest BCUT2D eigenvalue weighted by atomic mass is 9.99. The van der Waals surface area contributed by atoms with Gasteiger partial charge in [0.15, 0.2) is 0 Å². The average molecular weight is 352 g/mol. The molecule has 0 radical (unpaired) electrons. The molecule has 0 aliphatic heterocycles. The van der Waals surface area contributed by atoms with E-state index in [1.54, 1.807) is 0 Å². The monoisotopic (exact) mass is 351 g/mol. The first-order valence-corrected chi connectivity index (χ1v) is 9.18. The van der Waals surface area contributed by atoms with Crippen LogP contribution < -0.4 is 4.72 Å². The van der Waals surface area contributed by atoms with Gasteiger partial charge in [0.2, 0.25) is 10.0 Å². The van der Waals surface area contributed by atoms with Crippen LogP contribution in [0.15, 0.2) is 17.0 Å². The largest absolute Gasteiger partial charge is 0.392 e. The van der Waals surface area contributed by atoms with E-state index in [0.717, 1.165) is 19.3 Å². The maximum atomic E-state index is 12.4. The lowest BCUT2D eigenvalue weighted by Gasteiger charge is -2.17. The molecule has 0 amide bonds. The fourth-order valence-corrected chi connectivity index (χ4v) is 4.74. The molecule has 118 valence electrons. The molecule has 0 spiro atoms. The van der Waals surface area contributed by atoms with E-state index in [2.05, 4.69) is 11.6 Å². The number of benzene rings is 1. The molecule has 1 aliphatic rings. The molecule has 2 N–H and O–H groups in total. The van der Waals surface area contributed by atoms with E-state index in [4.69, 9.17) is 23.2 Å². The first-order chi connectivity index (χ1) is 9.86. The molecule has 0 heterocycles. The highest BCUT2D eigenvalue weighted by Crippen LogP contribution is 2.33. The zero-order chi connectivity index (χ0) is 15.6. The third kappa shape index (κ3) is 3.71. The van der Waals surface area contributed by atoms with E-state index in [1.807, 2.05) is 0 Å². The summed E-state index contributed by atoms with van der Waals surface area (Å²) in [6.07, 6.45) is 3.33. The van der Waals surface area contributed by atoms with Gasteiger partial charge in [-0.25, -0.2) is 13.1 Å². The van der Waals surface area contributed by atoms with Gasteiger partial charge in [-0.05, 0) is 30.4 Å². The summed E-state index contributed by atoms with van der Waals surface area (Å²) in [4.78, 5) is -0.0386. The summed E-state index contributed by atoms with van der Waals surface area (Å²) in [5, 5.41) is 9.48. The summed E-state index contributed by atoms with van der Waals surface area (Å²) in [5.74, 6) is 0.893. The number of aliphatic hydroxyl groups is 1. The van der Waals surface area contributed by atoms with Gasteiger partial charge in [0.25, 0.3) is 0 Å². The Morgan fingerprint density at radius 2 is 2.05 bits per heavy atom. The number of rotatable bonds is 5. The van der Waals surface area contributed by atoms with Gasteiger partial charge in [0, 0.05) is 17.1 Å². The zero-order valence-corrected chi connectivity index (χ0v) is 14.1. The van der Waals surface area contributed by atoms with Gasteiger partial charge < -0.3 is 5.11 Å². The SMILES string of the molecule is CC1CCCC1CNS(=O)(=O)c1ccc(Cl)c(CO)c1Cl. The van der Waals surface area contributed by atoms with Gasteiger partial charge in [-0.2, -0.15) is 0 Å². The van der Waals surface area contributed by atoms with Crippen LogP contribution >= 0.6 is 23.2 Å². The average Bonchev–Trinajstić information content (AvgIpc) is 2.82. The van der Waals surface area contributed by atoms with Crippen molar-refractivity contribution in [2.24, 2.45) is 11.8 Å². The van der Waals surface area contributed by atoms with E-state index < -0.39 is 16.6 Å². The second-order valence-electron chi connectivity index (χ2n) is 5.52. The Morgan fingerprint density at radius 3 is 2.62 bits per heavy atom. The zero-order valence-electron chi connectivity index (χ0n) is 11.8. The summed E-state index contributed by atoms with van der Waals surface area (Å²) in [6, 6.07) is 2.80. The molecular weight excluding hydrogens is 333 g/mol. The highest BCUT2D eigenvalue weighted by atomic mass is 35.5. The molecule has 1 aliphatic carbocycles. The molecule has 2 rings (SSSR count). The number of nitrogens with one attached hydrogen (secondary N) is 1. The summed E-state index contributed by atoms with van der Waals surface area (Å²) in [6.45, 7) is 2.16. The van der Waals surface area contributed by atoms with Crippen LogP contribution in [0.4, 0.5) is 0 Å². The number of halogens is 2. The maximum Gasteiger partial charge on any atom is 0.242 e. The second kappa shape index (κ2) is 6.84. The summed E-state index contributed by atoms with van der Waals surface area (Å²) in [5.41, 5.74) is 0.232. The lowest BCUT2D eigenvalue weighted by Crippen LogP contribution is -2.30. The van der Waals surface area contributed by atoms with E-state index in [0.29, 0.717) is 18.4 Å². The van der Waals surface area contributed by atoms with Gasteiger partial charge in [-0.3, -0.25) is 0 Å². The molecule has 1 aromatic carbocycles. The van der Waals surface area contributed by atoms with Crippen LogP contribution in [-0.4, -0.2) is 20.1 Å². The molecule has 2 atom stereocenters. The highest BCUT2D eigenvalue weighted by molar-refractivity contribution is 7.89. The van der Waals surface area contributed by atoms with Crippen LogP contribution in [0.25, 0.3) is 0 Å². The third-order valence-corrected chi connectivity index (χ3v) is 6.54. The van der Waals surface area contributed by atoms with Gasteiger partial charge in [0.05, 0.1) is 11.6 Å². The van der Waals surface area contributed by atoms with E-state index in [-0.39, 0.29) is 20.5 Å². The van der Waals surface area contributed by atoms with Crippen LogP contribution in [0.1, 0.15) is 31.7 Å². The van der Waals surface area contributed by atoms with Crippen LogP contribution in [0, 0.1) is 11.8 Å². The fraction of sp³-hybridized carbons (Fsp3) is 0.571. The molecule has 1 fully saturated rings. The minimum Gasteiger partial charge on any atom is -0.392 e. The molecule has 1 saturated carbocycles. The topological polar surface area (TPSA) is 66.4 Å². The quantitative estimate of drug-likeness (QED) is 0.855. The molecule has 2 unspecified atom stereocenters. The Kier molecular flexibility index (Phi) is 5.54. The number of hydrogen-bond donors (Lipinski definition) is 2. The van der Waals surface area contributed by atoms with Gasteiger partial charge in [-0.15, -0.1) is 0 Å². The second-order valence-corrected chi connectivity index (χ2v) is 8.04. The van der Waals surface area contributed by atoms with Gasteiger partial charge in [0.1, 0.15) is 4.90 Å². The van der Waals surface area contributed by atoms with Crippen LogP contribution in [0.2, 0.25) is 10.0 Å². The number of sulfonamides is 1. The predicted octanol–water partition coefficient (Wildman–Crippen LogP) is 3.20. The minimum absolute atomic E-state index is 0.0167. The first kappa shape index (κ1) is 17.0. The van der Waals surface area contributed by atoms with E-state index >= 15 is 0 Å². The Labute approximate surface area is 135 Å². The highest BCUT2D eigenvalue weighted by Gasteiger charge is 2.27. The van der Waals surface area contributed by atoms with Crippen molar-refractivity contribution in [1.29, 1.82) is 0 Å². The van der Waals surface area contributed by atoms with Crippen LogP contribution in [0.3, 0.4) is 0 Å². The summed E-state index contributed by atoms with van der Waals surface area (Å²) in [7, 11) is -3.70. The van der Waals surface area contributed by atoms with Crippen molar-refractivity contribution in [3.05, 3.63) is 27.7 Å². The Morgan fingerprint density at radius 1 is 1.33 bits per heavy atom. The fourth-order valence-electron chi connectivity index (χ4n) is 2.75.